The largest absolute Gasteiger partial charge is 0.457 e. The highest BCUT2D eigenvalue weighted by Gasteiger charge is 2.20. The number of nitrogen functional groups attached to an aromatic ring is 1. The number of ketones is 1. The summed E-state index contributed by atoms with van der Waals surface area (Å²) in [5, 5.41) is 0. The van der Waals surface area contributed by atoms with Crippen LogP contribution in [0.2, 0.25) is 0 Å². The third kappa shape index (κ3) is 5.20. The SMILES string of the molecule is COCCn1c(N)c(C(=O)CN(C)c2ccc(Oc3ccccc3)cc2)c(=O)[nH]c1=O. The van der Waals surface area contributed by atoms with Gasteiger partial charge < -0.3 is 20.1 Å². The van der Waals surface area contributed by atoms with Crippen LogP contribution in [-0.2, 0) is 11.3 Å². The Labute approximate surface area is 178 Å². The van der Waals surface area contributed by atoms with Gasteiger partial charge in [0.15, 0.2) is 5.78 Å². The van der Waals surface area contributed by atoms with Gasteiger partial charge in [-0.3, -0.25) is 19.1 Å². The number of aromatic nitrogens is 2. The second-order valence-electron chi connectivity index (χ2n) is 6.85. The van der Waals surface area contributed by atoms with Crippen molar-refractivity contribution in [2.24, 2.45) is 0 Å². The van der Waals surface area contributed by atoms with Gasteiger partial charge in [-0.25, -0.2) is 4.79 Å². The number of nitrogens with zero attached hydrogens (tertiary/aromatic N) is 2. The third-order valence-electron chi connectivity index (χ3n) is 4.67. The number of Topliss-reactive ketones (excluding diaryl/α,β-unsaturated/α-hetero) is 1. The molecular formula is C22H24N4O5. The van der Waals surface area contributed by atoms with Crippen molar-refractivity contribution < 1.29 is 14.3 Å². The van der Waals surface area contributed by atoms with Crippen LogP contribution in [0.5, 0.6) is 11.5 Å². The number of nitrogens with two attached hydrogens (primary N) is 1. The van der Waals surface area contributed by atoms with E-state index in [-0.39, 0.29) is 31.1 Å². The Hall–Kier alpha value is -3.85. The molecule has 0 aliphatic rings. The van der Waals surface area contributed by atoms with Gasteiger partial charge in [0.05, 0.1) is 19.7 Å². The lowest BCUT2D eigenvalue weighted by Gasteiger charge is -2.19. The van der Waals surface area contributed by atoms with Crippen LogP contribution in [0, 0.1) is 0 Å². The topological polar surface area (TPSA) is 120 Å². The predicted molar refractivity (Wildman–Crippen MR) is 118 cm³/mol. The van der Waals surface area contributed by atoms with E-state index >= 15 is 0 Å². The molecule has 31 heavy (non-hydrogen) atoms. The number of carbonyl (C=O) groups excluding carboxylic acids is 1. The summed E-state index contributed by atoms with van der Waals surface area (Å²) in [5.74, 6) is 0.700. The van der Waals surface area contributed by atoms with E-state index in [1.54, 1.807) is 36.2 Å². The number of methoxy groups -OCH3 is 1. The number of rotatable bonds is 9. The lowest BCUT2D eigenvalue weighted by molar-refractivity contribution is 0.0998. The number of anilines is 2. The monoisotopic (exact) mass is 424 g/mol. The van der Waals surface area contributed by atoms with Gasteiger partial charge in [-0.05, 0) is 36.4 Å². The lowest BCUT2D eigenvalue weighted by Crippen LogP contribution is -2.39. The standard InChI is InChI=1S/C22H24N4O5/c1-25(15-8-10-17(11-9-15)31-16-6-4-3-5-7-16)14-18(27)19-20(23)26(12-13-30-2)22(29)24-21(19)28/h3-11H,12-14,23H2,1-2H3,(H,24,28,29). The number of hydrogen-bond donors (Lipinski definition) is 2. The smallest absolute Gasteiger partial charge is 0.330 e. The average Bonchev–Trinajstić information content (AvgIpc) is 2.74. The third-order valence-corrected chi connectivity index (χ3v) is 4.67. The van der Waals surface area contributed by atoms with Crippen molar-refractivity contribution in [2.75, 3.05) is 37.9 Å². The van der Waals surface area contributed by atoms with E-state index in [4.69, 9.17) is 15.2 Å². The van der Waals surface area contributed by atoms with Gasteiger partial charge in [-0.15, -0.1) is 0 Å². The molecular weight excluding hydrogens is 400 g/mol. The van der Waals surface area contributed by atoms with E-state index in [1.807, 2.05) is 30.3 Å². The first-order valence-corrected chi connectivity index (χ1v) is 9.59. The first kappa shape index (κ1) is 21.8. The van der Waals surface area contributed by atoms with Crippen molar-refractivity contribution in [1.82, 2.24) is 9.55 Å². The highest BCUT2D eigenvalue weighted by Crippen LogP contribution is 2.24. The molecule has 3 rings (SSSR count). The van der Waals surface area contributed by atoms with Gasteiger partial charge in [-0.1, -0.05) is 18.2 Å². The van der Waals surface area contributed by atoms with Crippen LogP contribution >= 0.6 is 0 Å². The van der Waals surface area contributed by atoms with Crippen LogP contribution in [0.15, 0.2) is 64.2 Å². The fourth-order valence-corrected chi connectivity index (χ4v) is 3.04. The number of carbonyl (C=O) groups is 1. The van der Waals surface area contributed by atoms with Gasteiger partial charge in [0, 0.05) is 19.8 Å². The second kappa shape index (κ2) is 9.77. The first-order chi connectivity index (χ1) is 14.9. The maximum atomic E-state index is 12.8. The van der Waals surface area contributed by atoms with Crippen molar-refractivity contribution in [2.45, 2.75) is 6.54 Å². The summed E-state index contributed by atoms with van der Waals surface area (Å²) in [6, 6.07) is 16.6. The molecule has 0 saturated heterocycles. The van der Waals surface area contributed by atoms with Gasteiger partial charge in [0.25, 0.3) is 5.56 Å². The van der Waals surface area contributed by atoms with Crippen LogP contribution in [0.25, 0.3) is 0 Å². The number of para-hydroxylation sites is 1. The highest BCUT2D eigenvalue weighted by molar-refractivity contribution is 6.02. The number of nitrogens with one attached hydrogen (secondary N) is 1. The van der Waals surface area contributed by atoms with Gasteiger partial charge >= 0.3 is 5.69 Å². The molecule has 9 heteroatoms. The molecule has 1 aromatic heterocycles. The fraction of sp³-hybridized carbons (Fsp3) is 0.227. The second-order valence-corrected chi connectivity index (χ2v) is 6.85. The molecule has 1 heterocycles. The summed E-state index contributed by atoms with van der Waals surface area (Å²) >= 11 is 0. The van der Waals surface area contributed by atoms with Crippen LogP contribution in [-0.4, -0.2) is 42.6 Å². The van der Waals surface area contributed by atoms with Gasteiger partial charge in [-0.2, -0.15) is 0 Å². The summed E-state index contributed by atoms with van der Waals surface area (Å²) in [7, 11) is 3.19. The molecule has 162 valence electrons. The minimum atomic E-state index is -0.804. The maximum absolute atomic E-state index is 12.8. The Morgan fingerprint density at radius 2 is 1.71 bits per heavy atom. The molecule has 0 spiro atoms. The fourth-order valence-electron chi connectivity index (χ4n) is 3.04. The molecule has 0 radical (unpaired) electrons. The number of aromatic amines is 1. The van der Waals surface area contributed by atoms with E-state index in [0.717, 1.165) is 16.0 Å². The molecule has 3 aromatic rings. The zero-order chi connectivity index (χ0) is 22.4. The quantitative estimate of drug-likeness (QED) is 0.503. The maximum Gasteiger partial charge on any atom is 0.330 e. The number of ether oxygens (including phenoxy) is 2. The highest BCUT2D eigenvalue weighted by atomic mass is 16.5. The molecule has 0 amide bonds. The molecule has 2 aromatic carbocycles. The molecule has 0 unspecified atom stereocenters. The van der Waals surface area contributed by atoms with Crippen molar-refractivity contribution in [3.05, 3.63) is 81.0 Å². The van der Waals surface area contributed by atoms with Crippen LogP contribution < -0.4 is 26.6 Å². The van der Waals surface area contributed by atoms with Crippen molar-refractivity contribution in [3.63, 3.8) is 0 Å². The van der Waals surface area contributed by atoms with Gasteiger partial charge in [0.1, 0.15) is 22.9 Å². The van der Waals surface area contributed by atoms with Crippen LogP contribution in [0.4, 0.5) is 11.5 Å². The number of hydrogen-bond acceptors (Lipinski definition) is 7. The van der Waals surface area contributed by atoms with Crippen LogP contribution in [0.3, 0.4) is 0 Å². The Bertz CT molecular complexity index is 1150. The molecule has 3 N–H and O–H groups in total. The molecule has 9 nitrogen and oxygen atoms in total. The van der Waals surface area contributed by atoms with Crippen LogP contribution in [0.1, 0.15) is 10.4 Å². The van der Waals surface area contributed by atoms with E-state index in [0.29, 0.717) is 5.75 Å². The normalized spacial score (nSPS) is 10.6. The van der Waals surface area contributed by atoms with Gasteiger partial charge in [0.2, 0.25) is 0 Å². The molecule has 0 atom stereocenters. The van der Waals surface area contributed by atoms with E-state index in [2.05, 4.69) is 4.98 Å². The molecule has 0 bridgehead atoms. The Morgan fingerprint density at radius 1 is 1.06 bits per heavy atom. The van der Waals surface area contributed by atoms with E-state index in [9.17, 15) is 14.4 Å². The minimum Gasteiger partial charge on any atom is -0.457 e. The van der Waals surface area contributed by atoms with Crippen molar-refractivity contribution >= 4 is 17.3 Å². The summed E-state index contributed by atoms with van der Waals surface area (Å²) in [4.78, 5) is 40.8. The molecule has 0 fully saturated rings. The van der Waals surface area contributed by atoms with Crippen molar-refractivity contribution in [3.8, 4) is 11.5 Å². The summed E-state index contributed by atoms with van der Waals surface area (Å²) in [5.41, 5.74) is 4.98. The Kier molecular flexibility index (Phi) is 6.88. The zero-order valence-corrected chi connectivity index (χ0v) is 17.3. The van der Waals surface area contributed by atoms with E-state index < -0.39 is 17.0 Å². The number of H-pyrrole nitrogens is 1. The Balaban J connectivity index is 1.74. The first-order valence-electron chi connectivity index (χ1n) is 9.59. The average molecular weight is 424 g/mol. The molecule has 0 saturated carbocycles. The minimum absolute atomic E-state index is 0.103. The number of likely N-dealkylation sites (N-methyl/N-ethyl adjacent to an activating group) is 1. The zero-order valence-electron chi connectivity index (χ0n) is 17.3. The van der Waals surface area contributed by atoms with E-state index in [1.165, 1.54) is 7.11 Å². The summed E-state index contributed by atoms with van der Waals surface area (Å²) in [6.07, 6.45) is 0. The predicted octanol–water partition coefficient (Wildman–Crippen LogP) is 1.88. The summed E-state index contributed by atoms with van der Waals surface area (Å²) in [6.45, 7) is 0.229. The summed E-state index contributed by atoms with van der Waals surface area (Å²) < 4.78 is 11.8. The lowest BCUT2D eigenvalue weighted by atomic mass is 10.1. The number of benzene rings is 2. The Morgan fingerprint density at radius 3 is 2.35 bits per heavy atom. The molecule has 0 aliphatic heterocycles. The van der Waals surface area contributed by atoms with Crippen molar-refractivity contribution in [1.29, 1.82) is 0 Å². The molecule has 0 aliphatic carbocycles.